The molecule has 4 nitrogen and oxygen atoms in total. The van der Waals surface area contributed by atoms with Crippen molar-refractivity contribution >= 4 is 0 Å². The standard InChI is InChI=1S/C12H10F3N3O/c1-8-5-17-9(6-16-8)7-18-4-2-3-10(11(18)19)12(13,14)15/h2-6H,7H2,1H3. The van der Waals surface area contributed by atoms with E-state index in [0.29, 0.717) is 11.4 Å². The van der Waals surface area contributed by atoms with E-state index in [1.165, 1.54) is 24.7 Å². The summed E-state index contributed by atoms with van der Waals surface area (Å²) in [5.74, 6) is 0. The summed E-state index contributed by atoms with van der Waals surface area (Å²) in [6.07, 6.45) is -0.436. The molecule has 0 saturated carbocycles. The fourth-order valence-corrected chi connectivity index (χ4v) is 1.55. The molecule has 0 atom stereocenters. The summed E-state index contributed by atoms with van der Waals surface area (Å²) < 4.78 is 38.7. The molecule has 0 aliphatic carbocycles. The topological polar surface area (TPSA) is 47.8 Å². The van der Waals surface area contributed by atoms with Crippen LogP contribution in [0, 0.1) is 6.92 Å². The lowest BCUT2D eigenvalue weighted by Crippen LogP contribution is -2.28. The maximum absolute atomic E-state index is 12.6. The third kappa shape index (κ3) is 2.98. The molecule has 7 heteroatoms. The van der Waals surface area contributed by atoms with Gasteiger partial charge in [-0.2, -0.15) is 13.2 Å². The van der Waals surface area contributed by atoms with E-state index >= 15 is 0 Å². The lowest BCUT2D eigenvalue weighted by Gasteiger charge is -2.09. The molecule has 2 heterocycles. The maximum Gasteiger partial charge on any atom is 0.421 e. The molecule has 19 heavy (non-hydrogen) atoms. The van der Waals surface area contributed by atoms with Gasteiger partial charge < -0.3 is 4.57 Å². The minimum atomic E-state index is -4.65. The van der Waals surface area contributed by atoms with Crippen LogP contribution in [0.3, 0.4) is 0 Å². The van der Waals surface area contributed by atoms with Crippen molar-refractivity contribution in [2.75, 3.05) is 0 Å². The van der Waals surface area contributed by atoms with Crippen LogP contribution in [-0.2, 0) is 12.7 Å². The Kier molecular flexibility index (Phi) is 3.37. The molecular formula is C12H10F3N3O. The number of nitrogens with zero attached hydrogens (tertiary/aromatic N) is 3. The monoisotopic (exact) mass is 269 g/mol. The summed E-state index contributed by atoms with van der Waals surface area (Å²) in [7, 11) is 0. The van der Waals surface area contributed by atoms with Crippen LogP contribution in [0.15, 0.2) is 35.5 Å². The third-order valence-electron chi connectivity index (χ3n) is 2.49. The van der Waals surface area contributed by atoms with Gasteiger partial charge in [0, 0.05) is 12.4 Å². The normalized spacial score (nSPS) is 11.6. The summed E-state index contributed by atoms with van der Waals surface area (Å²) in [6.45, 7) is 1.70. The van der Waals surface area contributed by atoms with Crippen LogP contribution < -0.4 is 5.56 Å². The summed E-state index contributed by atoms with van der Waals surface area (Å²) in [4.78, 5) is 19.7. The maximum atomic E-state index is 12.6. The largest absolute Gasteiger partial charge is 0.421 e. The highest BCUT2D eigenvalue weighted by Crippen LogP contribution is 2.25. The summed E-state index contributed by atoms with van der Waals surface area (Å²) in [6, 6.07) is 1.95. The molecule has 0 aliphatic heterocycles. The molecule has 0 bridgehead atoms. The molecule has 0 aliphatic rings. The molecule has 0 radical (unpaired) electrons. The highest BCUT2D eigenvalue weighted by atomic mass is 19.4. The Labute approximate surface area is 106 Å². The van der Waals surface area contributed by atoms with Gasteiger partial charge in [0.1, 0.15) is 5.56 Å². The highest BCUT2D eigenvalue weighted by Gasteiger charge is 2.34. The van der Waals surface area contributed by atoms with Crippen molar-refractivity contribution in [3.63, 3.8) is 0 Å². The Bertz CT molecular complexity index is 632. The van der Waals surface area contributed by atoms with Gasteiger partial charge in [0.15, 0.2) is 0 Å². The van der Waals surface area contributed by atoms with E-state index in [2.05, 4.69) is 9.97 Å². The zero-order chi connectivity index (χ0) is 14.0. The van der Waals surface area contributed by atoms with E-state index in [1.54, 1.807) is 6.92 Å². The third-order valence-corrected chi connectivity index (χ3v) is 2.49. The van der Waals surface area contributed by atoms with E-state index in [4.69, 9.17) is 0 Å². The van der Waals surface area contributed by atoms with Crippen LogP contribution in [0.1, 0.15) is 17.0 Å². The quantitative estimate of drug-likeness (QED) is 0.838. The zero-order valence-electron chi connectivity index (χ0n) is 9.98. The van der Waals surface area contributed by atoms with E-state index < -0.39 is 17.3 Å². The molecule has 0 spiro atoms. The minimum Gasteiger partial charge on any atom is -0.309 e. The Hall–Kier alpha value is -2.18. The van der Waals surface area contributed by atoms with Crippen LogP contribution in [-0.4, -0.2) is 14.5 Å². The van der Waals surface area contributed by atoms with Crippen molar-refractivity contribution in [3.05, 3.63) is 58.0 Å². The van der Waals surface area contributed by atoms with E-state index in [-0.39, 0.29) is 6.54 Å². The van der Waals surface area contributed by atoms with Gasteiger partial charge in [-0.25, -0.2) is 0 Å². The number of alkyl halides is 3. The van der Waals surface area contributed by atoms with Crippen LogP contribution in [0.4, 0.5) is 13.2 Å². The highest BCUT2D eigenvalue weighted by molar-refractivity contribution is 5.15. The van der Waals surface area contributed by atoms with Crippen molar-refractivity contribution in [3.8, 4) is 0 Å². The summed E-state index contributed by atoms with van der Waals surface area (Å²) in [5, 5.41) is 0. The number of halogens is 3. The van der Waals surface area contributed by atoms with Crippen LogP contribution in [0.25, 0.3) is 0 Å². The van der Waals surface area contributed by atoms with Crippen molar-refractivity contribution in [2.45, 2.75) is 19.6 Å². The first-order valence-electron chi connectivity index (χ1n) is 5.42. The molecule has 2 aromatic rings. The van der Waals surface area contributed by atoms with E-state index in [0.717, 1.165) is 10.6 Å². The second-order valence-electron chi connectivity index (χ2n) is 4.00. The number of pyridine rings is 1. The van der Waals surface area contributed by atoms with Crippen LogP contribution in [0.2, 0.25) is 0 Å². The zero-order valence-corrected chi connectivity index (χ0v) is 9.98. The molecular weight excluding hydrogens is 259 g/mol. The molecule has 0 aromatic carbocycles. The minimum absolute atomic E-state index is 0.0456. The molecule has 2 rings (SSSR count). The number of hydrogen-bond donors (Lipinski definition) is 0. The fourth-order valence-electron chi connectivity index (χ4n) is 1.55. The molecule has 0 fully saturated rings. The Morgan fingerprint density at radius 1 is 1.26 bits per heavy atom. The molecule has 100 valence electrons. The van der Waals surface area contributed by atoms with Gasteiger partial charge >= 0.3 is 6.18 Å². The molecule has 0 amide bonds. The molecule has 0 unspecified atom stereocenters. The van der Waals surface area contributed by atoms with Gasteiger partial charge in [-0.05, 0) is 19.1 Å². The fraction of sp³-hybridized carbons (Fsp3) is 0.250. The number of aryl methyl sites for hydroxylation is 1. The second kappa shape index (κ2) is 4.83. The van der Waals surface area contributed by atoms with Crippen molar-refractivity contribution in [2.24, 2.45) is 0 Å². The van der Waals surface area contributed by atoms with Gasteiger partial charge in [0.05, 0.1) is 24.1 Å². The Morgan fingerprint density at radius 3 is 2.58 bits per heavy atom. The van der Waals surface area contributed by atoms with Crippen molar-refractivity contribution in [1.29, 1.82) is 0 Å². The van der Waals surface area contributed by atoms with Gasteiger partial charge in [0.25, 0.3) is 5.56 Å². The van der Waals surface area contributed by atoms with Gasteiger partial charge in [-0.15, -0.1) is 0 Å². The van der Waals surface area contributed by atoms with Gasteiger partial charge in [0.2, 0.25) is 0 Å². The van der Waals surface area contributed by atoms with E-state index in [1.807, 2.05) is 0 Å². The van der Waals surface area contributed by atoms with Crippen LogP contribution >= 0.6 is 0 Å². The van der Waals surface area contributed by atoms with Crippen LogP contribution in [0.5, 0.6) is 0 Å². The Balaban J connectivity index is 2.37. The second-order valence-corrected chi connectivity index (χ2v) is 4.00. The lowest BCUT2D eigenvalue weighted by molar-refractivity contribution is -0.138. The first-order chi connectivity index (χ1) is 8.88. The smallest absolute Gasteiger partial charge is 0.309 e. The van der Waals surface area contributed by atoms with Crippen molar-refractivity contribution < 1.29 is 13.2 Å². The predicted octanol–water partition coefficient (Wildman–Crippen LogP) is 2.01. The van der Waals surface area contributed by atoms with Gasteiger partial charge in [-0.3, -0.25) is 14.8 Å². The SMILES string of the molecule is Cc1cnc(Cn2cccc(C(F)(F)F)c2=O)cn1. The van der Waals surface area contributed by atoms with Gasteiger partial charge in [-0.1, -0.05) is 0 Å². The number of rotatable bonds is 2. The molecule has 2 aromatic heterocycles. The summed E-state index contributed by atoms with van der Waals surface area (Å²) >= 11 is 0. The molecule has 0 saturated heterocycles. The number of aromatic nitrogens is 3. The Morgan fingerprint density at radius 2 is 2.00 bits per heavy atom. The predicted molar refractivity (Wildman–Crippen MR) is 61.6 cm³/mol. The average Bonchev–Trinajstić information content (AvgIpc) is 2.33. The van der Waals surface area contributed by atoms with E-state index in [9.17, 15) is 18.0 Å². The first kappa shape index (κ1) is 13.3. The molecule has 0 N–H and O–H groups in total. The van der Waals surface area contributed by atoms with Crippen molar-refractivity contribution in [1.82, 2.24) is 14.5 Å². The number of hydrogen-bond acceptors (Lipinski definition) is 3. The average molecular weight is 269 g/mol. The first-order valence-corrected chi connectivity index (χ1v) is 5.42. The summed E-state index contributed by atoms with van der Waals surface area (Å²) in [5.41, 5.74) is -1.15. The lowest BCUT2D eigenvalue weighted by atomic mass is 10.2.